The average molecular weight is 293 g/mol. The molecular formula is C15H23N3O3. The molecule has 21 heavy (non-hydrogen) atoms. The number of rotatable bonds is 8. The number of ether oxygens (including phenoxy) is 1. The van der Waals surface area contributed by atoms with Gasteiger partial charge in [-0.25, -0.2) is 0 Å². The van der Waals surface area contributed by atoms with E-state index in [0.717, 1.165) is 0 Å². The number of hydrogen-bond acceptors (Lipinski definition) is 4. The van der Waals surface area contributed by atoms with Crippen LogP contribution >= 0.6 is 0 Å². The number of hydrogen-bond donors (Lipinski definition) is 3. The van der Waals surface area contributed by atoms with Crippen LogP contribution in [0.5, 0.6) is 5.75 Å². The molecule has 0 aliphatic heterocycles. The number of primary amides is 1. The van der Waals surface area contributed by atoms with Gasteiger partial charge in [-0.15, -0.1) is 0 Å². The molecule has 4 N–H and O–H groups in total. The fraction of sp³-hybridized carbons (Fsp3) is 0.467. The fourth-order valence-electron chi connectivity index (χ4n) is 1.71. The van der Waals surface area contributed by atoms with Crippen LogP contribution in [0.1, 0.15) is 27.2 Å². The van der Waals surface area contributed by atoms with Crippen LogP contribution in [0, 0.1) is 0 Å². The number of carbonyl (C=O) groups is 2. The molecule has 1 rings (SSSR count). The Hall–Kier alpha value is -2.08. The van der Waals surface area contributed by atoms with Gasteiger partial charge < -0.3 is 21.1 Å². The first kappa shape index (κ1) is 17.0. The molecule has 0 heterocycles. The van der Waals surface area contributed by atoms with E-state index in [9.17, 15) is 9.59 Å². The molecule has 0 aliphatic rings. The smallest absolute Gasteiger partial charge is 0.244 e. The number of nitrogens with one attached hydrogen (secondary N) is 2. The molecule has 0 aromatic heterocycles. The molecule has 0 unspecified atom stereocenters. The highest BCUT2D eigenvalue weighted by molar-refractivity contribution is 5.97. The van der Waals surface area contributed by atoms with Crippen molar-refractivity contribution >= 4 is 17.5 Å². The van der Waals surface area contributed by atoms with Crippen molar-refractivity contribution in [2.24, 2.45) is 5.73 Å². The van der Waals surface area contributed by atoms with Crippen LogP contribution in [0.3, 0.4) is 0 Å². The van der Waals surface area contributed by atoms with E-state index in [4.69, 9.17) is 10.5 Å². The van der Waals surface area contributed by atoms with E-state index in [0.29, 0.717) is 18.0 Å². The summed E-state index contributed by atoms with van der Waals surface area (Å²) < 4.78 is 5.36. The molecule has 6 nitrogen and oxygen atoms in total. The lowest BCUT2D eigenvalue weighted by Gasteiger charge is -2.24. The van der Waals surface area contributed by atoms with E-state index in [-0.39, 0.29) is 18.9 Å². The molecule has 0 spiro atoms. The van der Waals surface area contributed by atoms with Gasteiger partial charge in [-0.2, -0.15) is 0 Å². The maximum atomic E-state index is 12.1. The molecule has 1 aromatic rings. The van der Waals surface area contributed by atoms with Crippen LogP contribution in [-0.2, 0) is 9.59 Å². The van der Waals surface area contributed by atoms with Gasteiger partial charge in [-0.1, -0.05) is 6.92 Å². The first-order valence-electron chi connectivity index (χ1n) is 6.93. The van der Waals surface area contributed by atoms with E-state index in [1.165, 1.54) is 0 Å². The molecule has 0 fully saturated rings. The third-order valence-corrected chi connectivity index (χ3v) is 2.92. The summed E-state index contributed by atoms with van der Waals surface area (Å²) in [7, 11) is 0. The van der Waals surface area contributed by atoms with Gasteiger partial charge in [0.2, 0.25) is 11.8 Å². The average Bonchev–Trinajstić information content (AvgIpc) is 2.40. The number of nitrogens with two attached hydrogens (primary N) is 1. The van der Waals surface area contributed by atoms with Gasteiger partial charge >= 0.3 is 0 Å². The number of benzene rings is 1. The van der Waals surface area contributed by atoms with Crippen molar-refractivity contribution in [2.75, 3.05) is 18.5 Å². The molecule has 0 aliphatic carbocycles. The highest BCUT2D eigenvalue weighted by Gasteiger charge is 2.25. The third-order valence-electron chi connectivity index (χ3n) is 2.92. The monoisotopic (exact) mass is 293 g/mol. The van der Waals surface area contributed by atoms with Crippen molar-refractivity contribution in [3.63, 3.8) is 0 Å². The Labute approximate surface area is 125 Å². The summed E-state index contributed by atoms with van der Waals surface area (Å²) in [6.45, 7) is 6.56. The standard InChI is InChI=1S/C15H23N3O3/c1-4-17-15(2,3)14(20)18-11-5-7-12(8-6-11)21-10-9-13(16)19/h5-8,17H,4,9-10H2,1-3H3,(H2,16,19)(H,18,20). The zero-order valence-electron chi connectivity index (χ0n) is 12.7. The molecule has 0 radical (unpaired) electrons. The number of likely N-dealkylation sites (N-methyl/N-ethyl adjacent to an activating group) is 1. The molecule has 0 saturated heterocycles. The Balaban J connectivity index is 2.54. The zero-order chi connectivity index (χ0) is 15.9. The lowest BCUT2D eigenvalue weighted by atomic mass is 10.0. The van der Waals surface area contributed by atoms with Gasteiger partial charge in [0.05, 0.1) is 18.6 Å². The minimum Gasteiger partial charge on any atom is -0.493 e. The molecular weight excluding hydrogens is 270 g/mol. The van der Waals surface area contributed by atoms with E-state index in [1.807, 2.05) is 20.8 Å². The Morgan fingerprint density at radius 1 is 1.24 bits per heavy atom. The van der Waals surface area contributed by atoms with Crippen LogP contribution in [0.4, 0.5) is 5.69 Å². The summed E-state index contributed by atoms with van der Waals surface area (Å²) >= 11 is 0. The number of amides is 2. The van der Waals surface area contributed by atoms with E-state index >= 15 is 0 Å². The Morgan fingerprint density at radius 3 is 2.38 bits per heavy atom. The predicted octanol–water partition coefficient (Wildman–Crippen LogP) is 1.27. The number of anilines is 1. The van der Waals surface area contributed by atoms with Crippen LogP contribution in [0.2, 0.25) is 0 Å². The lowest BCUT2D eigenvalue weighted by Crippen LogP contribution is -2.49. The fourth-order valence-corrected chi connectivity index (χ4v) is 1.71. The normalized spacial score (nSPS) is 11.0. The summed E-state index contributed by atoms with van der Waals surface area (Å²) in [5, 5.41) is 5.95. The van der Waals surface area contributed by atoms with Gasteiger partial charge in [0.15, 0.2) is 0 Å². The molecule has 6 heteroatoms. The second-order valence-corrected chi connectivity index (χ2v) is 5.20. The summed E-state index contributed by atoms with van der Waals surface area (Å²) in [6.07, 6.45) is 0.176. The van der Waals surface area contributed by atoms with Crippen molar-refractivity contribution < 1.29 is 14.3 Å². The highest BCUT2D eigenvalue weighted by atomic mass is 16.5. The maximum Gasteiger partial charge on any atom is 0.244 e. The quantitative estimate of drug-likeness (QED) is 0.673. The first-order valence-corrected chi connectivity index (χ1v) is 6.93. The Bertz CT molecular complexity index is 483. The molecule has 1 aromatic carbocycles. The van der Waals surface area contributed by atoms with Gasteiger partial charge in [-0.3, -0.25) is 9.59 Å². The third kappa shape index (κ3) is 5.83. The van der Waals surface area contributed by atoms with Crippen LogP contribution in [0.15, 0.2) is 24.3 Å². The largest absolute Gasteiger partial charge is 0.493 e. The molecule has 2 amide bonds. The maximum absolute atomic E-state index is 12.1. The SMILES string of the molecule is CCNC(C)(C)C(=O)Nc1ccc(OCCC(N)=O)cc1. The van der Waals surface area contributed by atoms with Crippen molar-refractivity contribution in [1.82, 2.24) is 5.32 Å². The van der Waals surface area contributed by atoms with Gasteiger partial charge in [-0.05, 0) is 44.7 Å². The van der Waals surface area contributed by atoms with Crippen molar-refractivity contribution in [2.45, 2.75) is 32.7 Å². The van der Waals surface area contributed by atoms with Crippen molar-refractivity contribution in [3.05, 3.63) is 24.3 Å². The Kier molecular flexibility index (Phi) is 6.17. The second-order valence-electron chi connectivity index (χ2n) is 5.20. The van der Waals surface area contributed by atoms with Crippen molar-refractivity contribution in [3.8, 4) is 5.75 Å². The summed E-state index contributed by atoms with van der Waals surface area (Å²) in [4.78, 5) is 22.7. The van der Waals surface area contributed by atoms with E-state index in [1.54, 1.807) is 24.3 Å². The van der Waals surface area contributed by atoms with Gasteiger partial charge in [0, 0.05) is 5.69 Å². The summed E-state index contributed by atoms with van der Waals surface area (Å²) in [5.41, 5.74) is 5.08. The minimum absolute atomic E-state index is 0.105. The minimum atomic E-state index is -0.634. The zero-order valence-corrected chi connectivity index (χ0v) is 12.7. The molecule has 0 saturated carbocycles. The topological polar surface area (TPSA) is 93.4 Å². The predicted molar refractivity (Wildman–Crippen MR) is 82.1 cm³/mol. The van der Waals surface area contributed by atoms with Crippen LogP contribution < -0.4 is 21.1 Å². The van der Waals surface area contributed by atoms with Gasteiger partial charge in [0.25, 0.3) is 0 Å². The molecule has 116 valence electrons. The first-order chi connectivity index (χ1) is 9.85. The summed E-state index contributed by atoms with van der Waals surface area (Å²) in [5.74, 6) is 0.122. The lowest BCUT2D eigenvalue weighted by molar-refractivity contribution is -0.121. The molecule has 0 atom stereocenters. The van der Waals surface area contributed by atoms with E-state index < -0.39 is 11.4 Å². The molecule has 0 bridgehead atoms. The van der Waals surface area contributed by atoms with Crippen LogP contribution in [0.25, 0.3) is 0 Å². The second kappa shape index (κ2) is 7.64. The van der Waals surface area contributed by atoms with Gasteiger partial charge in [0.1, 0.15) is 5.75 Å². The van der Waals surface area contributed by atoms with Crippen molar-refractivity contribution in [1.29, 1.82) is 0 Å². The van der Waals surface area contributed by atoms with E-state index in [2.05, 4.69) is 10.6 Å². The summed E-state index contributed by atoms with van der Waals surface area (Å²) in [6, 6.07) is 6.97. The highest BCUT2D eigenvalue weighted by Crippen LogP contribution is 2.17. The number of carbonyl (C=O) groups excluding carboxylic acids is 2. The Morgan fingerprint density at radius 2 is 1.86 bits per heavy atom. The van der Waals surface area contributed by atoms with Crippen LogP contribution in [-0.4, -0.2) is 30.5 Å².